The summed E-state index contributed by atoms with van der Waals surface area (Å²) in [5.74, 6) is -0.0574. The molecule has 0 aliphatic carbocycles. The Morgan fingerprint density at radius 1 is 1.03 bits per heavy atom. The van der Waals surface area contributed by atoms with Crippen LogP contribution in [0.15, 0.2) is 41.3 Å². The number of amides is 2. The fourth-order valence-corrected chi connectivity index (χ4v) is 5.13. The van der Waals surface area contributed by atoms with Crippen molar-refractivity contribution in [1.82, 2.24) is 14.5 Å². The molecule has 4 rings (SSSR count). The van der Waals surface area contributed by atoms with E-state index in [-0.39, 0.29) is 35.5 Å². The van der Waals surface area contributed by atoms with E-state index in [1.165, 1.54) is 28.6 Å². The summed E-state index contributed by atoms with van der Waals surface area (Å²) < 4.78 is 33.0. The van der Waals surface area contributed by atoms with Gasteiger partial charge in [-0.3, -0.25) is 14.5 Å². The summed E-state index contributed by atoms with van der Waals surface area (Å²) in [6.45, 7) is 2.96. The van der Waals surface area contributed by atoms with Gasteiger partial charge >= 0.3 is 0 Å². The number of ether oxygens (including phenoxy) is 1. The highest BCUT2D eigenvalue weighted by Crippen LogP contribution is 2.28. The predicted molar refractivity (Wildman–Crippen MR) is 107 cm³/mol. The van der Waals surface area contributed by atoms with E-state index in [2.05, 4.69) is 10.2 Å². The molecule has 2 amide bonds. The zero-order chi connectivity index (χ0) is 21.3. The Morgan fingerprint density at radius 2 is 1.73 bits per heavy atom. The number of hydrogen-bond donors (Lipinski definition) is 0. The minimum Gasteiger partial charge on any atom is -0.476 e. The summed E-state index contributed by atoms with van der Waals surface area (Å²) >= 11 is 0. The molecule has 1 atom stereocenters. The van der Waals surface area contributed by atoms with Gasteiger partial charge in [0.1, 0.15) is 0 Å². The number of nitrogens with zero attached hydrogens (tertiary/aromatic N) is 4. The van der Waals surface area contributed by atoms with Crippen LogP contribution in [-0.2, 0) is 19.6 Å². The van der Waals surface area contributed by atoms with Gasteiger partial charge in [0.05, 0.1) is 22.9 Å². The van der Waals surface area contributed by atoms with Gasteiger partial charge in [-0.05, 0) is 43.7 Å². The summed E-state index contributed by atoms with van der Waals surface area (Å²) in [5, 5.41) is 7.89. The van der Waals surface area contributed by atoms with Crippen LogP contribution >= 0.6 is 0 Å². The minimum atomic E-state index is -3.67. The van der Waals surface area contributed by atoms with Gasteiger partial charge in [0.25, 0.3) is 0 Å². The topological polar surface area (TPSA) is 110 Å². The average Bonchev–Trinajstić information content (AvgIpc) is 3.35. The second-order valence-electron chi connectivity index (χ2n) is 7.46. The molecule has 2 aliphatic rings. The number of carbonyl (C=O) groups excluding carboxylic acids is 2. The normalized spacial score (nSPS) is 20.2. The van der Waals surface area contributed by atoms with Gasteiger partial charge in [0, 0.05) is 37.9 Å². The highest BCUT2D eigenvalue weighted by atomic mass is 32.2. The van der Waals surface area contributed by atoms with E-state index in [1.807, 2.05) is 6.92 Å². The van der Waals surface area contributed by atoms with Crippen LogP contribution < -0.4 is 9.64 Å². The number of aromatic nitrogens is 2. The average molecular weight is 430 g/mol. The molecule has 2 fully saturated rings. The third-order valence-electron chi connectivity index (χ3n) is 5.27. The highest BCUT2D eigenvalue weighted by molar-refractivity contribution is 7.89. The summed E-state index contributed by atoms with van der Waals surface area (Å²) in [6.07, 6.45) is 1.06. The molecule has 1 unspecified atom stereocenters. The third-order valence-corrected chi connectivity index (χ3v) is 7.15. The van der Waals surface area contributed by atoms with Crippen molar-refractivity contribution in [2.45, 2.75) is 31.1 Å². The molecule has 1 aromatic heterocycles. The van der Waals surface area contributed by atoms with E-state index in [1.54, 1.807) is 12.1 Å². The number of rotatable bonds is 6. The first-order valence-electron chi connectivity index (χ1n) is 9.74. The van der Waals surface area contributed by atoms with Gasteiger partial charge in [0.2, 0.25) is 27.7 Å². The van der Waals surface area contributed by atoms with E-state index in [9.17, 15) is 18.0 Å². The summed E-state index contributed by atoms with van der Waals surface area (Å²) in [7, 11) is -3.67. The van der Waals surface area contributed by atoms with E-state index in [0.29, 0.717) is 37.7 Å². The summed E-state index contributed by atoms with van der Waals surface area (Å²) in [6, 6.07) is 9.43. The Kier molecular flexibility index (Phi) is 5.52. The van der Waals surface area contributed by atoms with Crippen LogP contribution in [0.5, 0.6) is 5.88 Å². The largest absolute Gasteiger partial charge is 0.476 e. The second-order valence-corrected chi connectivity index (χ2v) is 9.40. The maximum Gasteiger partial charge on any atom is 0.243 e. The molecule has 10 heteroatoms. The second kappa shape index (κ2) is 8.11. The smallest absolute Gasteiger partial charge is 0.243 e. The molecule has 0 radical (unpaired) electrons. The molecule has 3 heterocycles. The zero-order valence-electron chi connectivity index (χ0n) is 16.5. The summed E-state index contributed by atoms with van der Waals surface area (Å²) in [5.41, 5.74) is 1.19. The lowest BCUT2D eigenvalue weighted by molar-refractivity contribution is -0.121. The lowest BCUT2D eigenvalue weighted by Gasteiger charge is -2.18. The Bertz CT molecular complexity index is 1040. The monoisotopic (exact) mass is 430 g/mol. The van der Waals surface area contributed by atoms with E-state index < -0.39 is 10.0 Å². The van der Waals surface area contributed by atoms with Gasteiger partial charge < -0.3 is 4.74 Å². The molecule has 2 aliphatic heterocycles. The maximum absolute atomic E-state index is 13.0. The molecule has 9 nitrogen and oxygen atoms in total. The molecule has 158 valence electrons. The first kappa shape index (κ1) is 20.4. The Labute approximate surface area is 174 Å². The standard InChI is InChI=1S/C20H22N4O5S/c1-14-2-7-18(22-21-14)29-13-15-10-11-23(12-15)30(27,28)17-5-3-16(4-6-17)24-19(25)8-9-20(24)26/h2-7,15H,8-13H2,1H3. The lowest BCUT2D eigenvalue weighted by atomic mass is 10.1. The molecule has 0 saturated carbocycles. The minimum absolute atomic E-state index is 0.0574. The number of benzene rings is 1. The van der Waals surface area contributed by atoms with Crippen LogP contribution in [0.1, 0.15) is 25.0 Å². The van der Waals surface area contributed by atoms with E-state index in [0.717, 1.165) is 10.6 Å². The highest BCUT2D eigenvalue weighted by Gasteiger charge is 2.34. The molecule has 0 bridgehead atoms. The van der Waals surface area contributed by atoms with Crippen LogP contribution in [0.25, 0.3) is 0 Å². The predicted octanol–water partition coefficient (Wildman–Crippen LogP) is 1.53. The fraction of sp³-hybridized carbons (Fsp3) is 0.400. The Morgan fingerprint density at radius 3 is 2.37 bits per heavy atom. The van der Waals surface area contributed by atoms with Crippen LogP contribution in [0, 0.1) is 12.8 Å². The SMILES string of the molecule is Cc1ccc(OCC2CCN(S(=O)(=O)c3ccc(N4C(=O)CCC4=O)cc3)C2)nn1. The number of imide groups is 1. The molecule has 1 aromatic carbocycles. The van der Waals surface area contributed by atoms with Crippen molar-refractivity contribution >= 4 is 27.5 Å². The quantitative estimate of drug-likeness (QED) is 0.639. The number of anilines is 1. The molecule has 0 spiro atoms. The van der Waals surface area contributed by atoms with Crippen molar-refractivity contribution in [1.29, 1.82) is 0 Å². The zero-order valence-corrected chi connectivity index (χ0v) is 17.3. The van der Waals surface area contributed by atoms with Crippen LogP contribution in [0.2, 0.25) is 0 Å². The van der Waals surface area contributed by atoms with Crippen molar-refractivity contribution in [2.75, 3.05) is 24.6 Å². The number of carbonyl (C=O) groups is 2. The third kappa shape index (κ3) is 4.05. The first-order chi connectivity index (χ1) is 14.3. The molecule has 30 heavy (non-hydrogen) atoms. The van der Waals surface area contributed by atoms with E-state index in [4.69, 9.17) is 4.74 Å². The van der Waals surface area contributed by atoms with Gasteiger partial charge in [-0.1, -0.05) is 0 Å². The Hall–Kier alpha value is -2.85. The maximum atomic E-state index is 13.0. The molecular formula is C20H22N4O5S. The van der Waals surface area contributed by atoms with Crippen molar-refractivity contribution in [3.8, 4) is 5.88 Å². The summed E-state index contributed by atoms with van der Waals surface area (Å²) in [4.78, 5) is 24.9. The molecule has 2 aromatic rings. The van der Waals surface area contributed by atoms with E-state index >= 15 is 0 Å². The van der Waals surface area contributed by atoms with Crippen molar-refractivity contribution < 1.29 is 22.7 Å². The van der Waals surface area contributed by atoms with Crippen molar-refractivity contribution in [2.24, 2.45) is 5.92 Å². The molecule has 2 saturated heterocycles. The van der Waals surface area contributed by atoms with Crippen LogP contribution in [0.3, 0.4) is 0 Å². The fourth-order valence-electron chi connectivity index (χ4n) is 3.60. The molecule has 0 N–H and O–H groups in total. The number of sulfonamides is 1. The number of hydrogen-bond acceptors (Lipinski definition) is 7. The van der Waals surface area contributed by atoms with Gasteiger partial charge in [-0.15, -0.1) is 5.10 Å². The van der Waals surface area contributed by atoms with Crippen LogP contribution in [-0.4, -0.2) is 54.4 Å². The molecular weight excluding hydrogens is 408 g/mol. The van der Waals surface area contributed by atoms with Gasteiger partial charge in [-0.25, -0.2) is 8.42 Å². The number of aryl methyl sites for hydroxylation is 1. The lowest BCUT2D eigenvalue weighted by Crippen LogP contribution is -2.30. The van der Waals surface area contributed by atoms with Gasteiger partial charge in [0.15, 0.2) is 0 Å². The van der Waals surface area contributed by atoms with Gasteiger partial charge in [-0.2, -0.15) is 9.40 Å². The van der Waals surface area contributed by atoms with Crippen molar-refractivity contribution in [3.05, 3.63) is 42.1 Å². The first-order valence-corrected chi connectivity index (χ1v) is 11.2. The van der Waals surface area contributed by atoms with Crippen LogP contribution in [0.4, 0.5) is 5.69 Å². The Balaban J connectivity index is 1.39. The van der Waals surface area contributed by atoms with Crippen molar-refractivity contribution in [3.63, 3.8) is 0 Å².